The molecule has 4 heteroatoms. The SMILES string of the molecule is CC(N)(C(=O)O)C1CCCC1.Cl. The van der Waals surface area contributed by atoms with Crippen LogP contribution in [0.15, 0.2) is 0 Å². The molecule has 3 nitrogen and oxygen atoms in total. The van der Waals surface area contributed by atoms with E-state index < -0.39 is 11.5 Å². The van der Waals surface area contributed by atoms with Crippen molar-refractivity contribution >= 4 is 18.4 Å². The van der Waals surface area contributed by atoms with E-state index in [0.717, 1.165) is 25.7 Å². The number of hydrogen-bond donors (Lipinski definition) is 2. The molecule has 1 fully saturated rings. The van der Waals surface area contributed by atoms with Gasteiger partial charge in [-0.3, -0.25) is 4.79 Å². The lowest BCUT2D eigenvalue weighted by Crippen LogP contribution is -2.50. The first-order chi connectivity index (χ1) is 5.05. The fourth-order valence-electron chi connectivity index (χ4n) is 1.70. The molecule has 0 amide bonds. The molecule has 1 atom stereocenters. The van der Waals surface area contributed by atoms with Crippen molar-refractivity contribution in [1.82, 2.24) is 0 Å². The standard InChI is InChI=1S/C8H15NO2.ClH/c1-8(9,7(10)11)6-4-2-3-5-6;/h6H,2-5,9H2,1H3,(H,10,11);1H. The van der Waals surface area contributed by atoms with Crippen molar-refractivity contribution < 1.29 is 9.90 Å². The zero-order valence-corrected chi connectivity index (χ0v) is 8.06. The third-order valence-corrected chi connectivity index (χ3v) is 2.66. The van der Waals surface area contributed by atoms with Crippen molar-refractivity contribution in [2.24, 2.45) is 11.7 Å². The van der Waals surface area contributed by atoms with E-state index in [-0.39, 0.29) is 18.3 Å². The van der Waals surface area contributed by atoms with Gasteiger partial charge < -0.3 is 10.8 Å². The summed E-state index contributed by atoms with van der Waals surface area (Å²) >= 11 is 0. The molecule has 12 heavy (non-hydrogen) atoms. The summed E-state index contributed by atoms with van der Waals surface area (Å²) in [6.45, 7) is 1.62. The molecule has 0 heterocycles. The maximum atomic E-state index is 10.7. The van der Waals surface area contributed by atoms with Crippen LogP contribution >= 0.6 is 12.4 Å². The Balaban J connectivity index is 0.00000121. The lowest BCUT2D eigenvalue weighted by Gasteiger charge is -2.26. The summed E-state index contributed by atoms with van der Waals surface area (Å²) in [5.41, 5.74) is 4.66. The van der Waals surface area contributed by atoms with E-state index >= 15 is 0 Å². The number of carbonyl (C=O) groups is 1. The van der Waals surface area contributed by atoms with Gasteiger partial charge in [0.25, 0.3) is 0 Å². The van der Waals surface area contributed by atoms with Crippen LogP contribution in [0.25, 0.3) is 0 Å². The maximum Gasteiger partial charge on any atom is 0.323 e. The Kier molecular flexibility index (Phi) is 4.00. The maximum absolute atomic E-state index is 10.7. The molecule has 0 radical (unpaired) electrons. The second-order valence-electron chi connectivity index (χ2n) is 3.57. The van der Waals surface area contributed by atoms with E-state index in [0.29, 0.717) is 0 Å². The van der Waals surface area contributed by atoms with Gasteiger partial charge in [0, 0.05) is 0 Å². The number of hydrogen-bond acceptors (Lipinski definition) is 2. The minimum absolute atomic E-state index is 0. The normalized spacial score (nSPS) is 22.8. The molecule has 0 aliphatic heterocycles. The van der Waals surface area contributed by atoms with Crippen LogP contribution in [0.4, 0.5) is 0 Å². The molecule has 0 saturated heterocycles. The van der Waals surface area contributed by atoms with Gasteiger partial charge in [-0.1, -0.05) is 12.8 Å². The second-order valence-corrected chi connectivity index (χ2v) is 3.57. The zero-order chi connectivity index (χ0) is 8.48. The topological polar surface area (TPSA) is 63.3 Å². The van der Waals surface area contributed by atoms with E-state index in [1.807, 2.05) is 0 Å². The molecule has 0 spiro atoms. The van der Waals surface area contributed by atoms with Crippen LogP contribution in [-0.2, 0) is 4.79 Å². The first-order valence-corrected chi connectivity index (χ1v) is 4.07. The summed E-state index contributed by atoms with van der Waals surface area (Å²) in [7, 11) is 0. The van der Waals surface area contributed by atoms with Gasteiger partial charge in [-0.05, 0) is 25.7 Å². The number of carboxylic acids is 1. The van der Waals surface area contributed by atoms with Crippen molar-refractivity contribution in [3.63, 3.8) is 0 Å². The van der Waals surface area contributed by atoms with Gasteiger partial charge in [-0.2, -0.15) is 0 Å². The Labute approximate surface area is 78.7 Å². The van der Waals surface area contributed by atoms with E-state index in [1.165, 1.54) is 0 Å². The summed E-state index contributed by atoms with van der Waals surface area (Å²) in [4.78, 5) is 10.7. The Morgan fingerprint density at radius 1 is 1.50 bits per heavy atom. The van der Waals surface area contributed by atoms with Crippen LogP contribution in [0.1, 0.15) is 32.6 Å². The summed E-state index contributed by atoms with van der Waals surface area (Å²) in [6, 6.07) is 0. The average Bonchev–Trinajstić information content (AvgIpc) is 2.37. The molecule has 0 aromatic carbocycles. The first-order valence-electron chi connectivity index (χ1n) is 4.07. The molecule has 1 saturated carbocycles. The largest absolute Gasteiger partial charge is 0.480 e. The van der Waals surface area contributed by atoms with Crippen molar-refractivity contribution in [1.29, 1.82) is 0 Å². The van der Waals surface area contributed by atoms with Gasteiger partial charge in [-0.15, -0.1) is 12.4 Å². The molecule has 1 aliphatic rings. The van der Waals surface area contributed by atoms with Crippen molar-refractivity contribution in [2.75, 3.05) is 0 Å². The third kappa shape index (κ3) is 2.11. The van der Waals surface area contributed by atoms with Crippen LogP contribution < -0.4 is 5.73 Å². The molecule has 3 N–H and O–H groups in total. The zero-order valence-electron chi connectivity index (χ0n) is 7.25. The van der Waals surface area contributed by atoms with Crippen LogP contribution in [0.2, 0.25) is 0 Å². The number of rotatable bonds is 2. The monoisotopic (exact) mass is 193 g/mol. The molecule has 1 unspecified atom stereocenters. The quantitative estimate of drug-likeness (QED) is 0.697. The molecule has 1 rings (SSSR count). The highest BCUT2D eigenvalue weighted by atomic mass is 35.5. The van der Waals surface area contributed by atoms with E-state index in [4.69, 9.17) is 10.8 Å². The third-order valence-electron chi connectivity index (χ3n) is 2.66. The Morgan fingerprint density at radius 2 is 1.92 bits per heavy atom. The highest BCUT2D eigenvalue weighted by molar-refractivity contribution is 5.85. The van der Waals surface area contributed by atoms with Gasteiger partial charge in [0.1, 0.15) is 5.54 Å². The van der Waals surface area contributed by atoms with Crippen molar-refractivity contribution in [3.05, 3.63) is 0 Å². The average molecular weight is 194 g/mol. The summed E-state index contributed by atoms with van der Waals surface area (Å²) < 4.78 is 0. The van der Waals surface area contributed by atoms with Gasteiger partial charge in [0.2, 0.25) is 0 Å². The predicted molar refractivity (Wildman–Crippen MR) is 49.4 cm³/mol. The second kappa shape index (κ2) is 4.10. The van der Waals surface area contributed by atoms with Gasteiger partial charge in [0.15, 0.2) is 0 Å². The molecule has 0 bridgehead atoms. The summed E-state index contributed by atoms with van der Waals surface area (Å²) in [5, 5.41) is 8.78. The highest BCUT2D eigenvalue weighted by Crippen LogP contribution is 2.32. The van der Waals surface area contributed by atoms with E-state index in [2.05, 4.69) is 0 Å². The van der Waals surface area contributed by atoms with Crippen LogP contribution in [0, 0.1) is 5.92 Å². The molecular weight excluding hydrogens is 178 g/mol. The Bertz CT molecular complexity index is 164. The Morgan fingerprint density at radius 3 is 2.25 bits per heavy atom. The van der Waals surface area contributed by atoms with E-state index in [1.54, 1.807) is 6.92 Å². The summed E-state index contributed by atoms with van der Waals surface area (Å²) in [6.07, 6.45) is 4.20. The van der Waals surface area contributed by atoms with Crippen LogP contribution in [0.5, 0.6) is 0 Å². The fraction of sp³-hybridized carbons (Fsp3) is 0.875. The highest BCUT2D eigenvalue weighted by Gasteiger charge is 2.38. The molecule has 72 valence electrons. The number of nitrogens with two attached hydrogens (primary N) is 1. The lowest BCUT2D eigenvalue weighted by molar-refractivity contribution is -0.144. The molecule has 0 aromatic heterocycles. The number of halogens is 1. The fourth-order valence-corrected chi connectivity index (χ4v) is 1.70. The van der Waals surface area contributed by atoms with Gasteiger partial charge in [-0.25, -0.2) is 0 Å². The predicted octanol–water partition coefficient (Wildman–Crippen LogP) is 1.40. The number of aliphatic carboxylic acids is 1. The minimum atomic E-state index is -1.00. The van der Waals surface area contributed by atoms with Crippen LogP contribution in [-0.4, -0.2) is 16.6 Å². The smallest absolute Gasteiger partial charge is 0.323 e. The minimum Gasteiger partial charge on any atom is -0.480 e. The molecule has 1 aliphatic carbocycles. The van der Waals surface area contributed by atoms with Crippen molar-refractivity contribution in [2.45, 2.75) is 38.1 Å². The van der Waals surface area contributed by atoms with E-state index in [9.17, 15) is 4.79 Å². The molecule has 0 aromatic rings. The number of carboxylic acid groups (broad SMARTS) is 1. The molecular formula is C8H16ClNO2. The van der Waals surface area contributed by atoms with Crippen molar-refractivity contribution in [3.8, 4) is 0 Å². The lowest BCUT2D eigenvalue weighted by atomic mass is 9.85. The summed E-state index contributed by atoms with van der Waals surface area (Å²) in [5.74, 6) is -0.690. The first kappa shape index (κ1) is 11.7. The van der Waals surface area contributed by atoms with Gasteiger partial charge >= 0.3 is 5.97 Å². The Hall–Kier alpha value is -0.280. The van der Waals surface area contributed by atoms with Crippen LogP contribution in [0.3, 0.4) is 0 Å². The van der Waals surface area contributed by atoms with Gasteiger partial charge in [0.05, 0.1) is 0 Å².